The second-order valence-corrected chi connectivity index (χ2v) is 6.02. The van der Waals surface area contributed by atoms with Crippen LogP contribution in [0.15, 0.2) is 18.2 Å². The van der Waals surface area contributed by atoms with Crippen molar-refractivity contribution in [2.45, 2.75) is 31.7 Å². The van der Waals surface area contributed by atoms with Crippen LogP contribution >= 0.6 is 0 Å². The van der Waals surface area contributed by atoms with Gasteiger partial charge in [0.1, 0.15) is 5.82 Å². The van der Waals surface area contributed by atoms with Crippen LogP contribution in [0, 0.1) is 5.82 Å². The molecule has 5 heteroatoms. The molecule has 4 nitrogen and oxygen atoms in total. The maximum absolute atomic E-state index is 13.1. The molecule has 2 fully saturated rings. The zero-order chi connectivity index (χ0) is 14.8. The molecule has 0 aliphatic carbocycles. The van der Waals surface area contributed by atoms with Gasteiger partial charge in [0, 0.05) is 24.8 Å². The van der Waals surface area contributed by atoms with Crippen LogP contribution in [0.5, 0.6) is 0 Å². The van der Waals surface area contributed by atoms with Crippen LogP contribution in [0.1, 0.15) is 36.0 Å². The van der Waals surface area contributed by atoms with E-state index in [1.165, 1.54) is 37.5 Å². The first-order valence-corrected chi connectivity index (χ1v) is 7.73. The molecule has 2 aliphatic heterocycles. The van der Waals surface area contributed by atoms with E-state index in [-0.39, 0.29) is 11.6 Å². The molecule has 2 heterocycles. The van der Waals surface area contributed by atoms with Crippen LogP contribution < -0.4 is 5.73 Å². The van der Waals surface area contributed by atoms with Gasteiger partial charge in [-0.1, -0.05) is 6.42 Å². The van der Waals surface area contributed by atoms with E-state index >= 15 is 0 Å². The van der Waals surface area contributed by atoms with E-state index in [0.717, 1.165) is 32.6 Å². The van der Waals surface area contributed by atoms with Crippen molar-refractivity contribution in [3.8, 4) is 0 Å². The molecule has 21 heavy (non-hydrogen) atoms. The Bertz CT molecular complexity index is 528. The first kappa shape index (κ1) is 14.3. The number of carbonyl (C=O) groups is 1. The van der Waals surface area contributed by atoms with Crippen molar-refractivity contribution in [2.75, 3.05) is 31.9 Å². The molecule has 1 aromatic carbocycles. The number of rotatable bonds is 2. The lowest BCUT2D eigenvalue weighted by atomic mass is 10.1. The monoisotopic (exact) mass is 291 g/mol. The fraction of sp³-hybridized carbons (Fsp3) is 0.562. The number of halogens is 1. The Morgan fingerprint density at radius 1 is 1.19 bits per heavy atom. The second-order valence-electron chi connectivity index (χ2n) is 6.02. The Hall–Kier alpha value is -1.62. The predicted octanol–water partition coefficient (Wildman–Crippen LogP) is 2.11. The molecule has 0 saturated carbocycles. The fourth-order valence-corrected chi connectivity index (χ4v) is 3.41. The van der Waals surface area contributed by atoms with E-state index < -0.39 is 5.82 Å². The van der Waals surface area contributed by atoms with Gasteiger partial charge in [-0.05, 0) is 50.6 Å². The van der Waals surface area contributed by atoms with Crippen molar-refractivity contribution in [1.82, 2.24) is 9.80 Å². The molecule has 1 unspecified atom stereocenters. The average Bonchev–Trinajstić information content (AvgIpc) is 2.97. The summed E-state index contributed by atoms with van der Waals surface area (Å²) in [5.74, 6) is -0.483. The summed E-state index contributed by atoms with van der Waals surface area (Å²) < 4.78 is 13.1. The van der Waals surface area contributed by atoms with E-state index in [1.807, 2.05) is 4.90 Å². The number of anilines is 1. The molecule has 0 radical (unpaired) electrons. The van der Waals surface area contributed by atoms with Gasteiger partial charge in [-0.15, -0.1) is 0 Å². The van der Waals surface area contributed by atoms with Gasteiger partial charge in [0.25, 0.3) is 5.91 Å². The van der Waals surface area contributed by atoms with Crippen molar-refractivity contribution in [1.29, 1.82) is 0 Å². The van der Waals surface area contributed by atoms with Crippen molar-refractivity contribution >= 4 is 11.6 Å². The molecule has 2 saturated heterocycles. The van der Waals surface area contributed by atoms with Gasteiger partial charge < -0.3 is 10.6 Å². The highest BCUT2D eigenvalue weighted by atomic mass is 19.1. The summed E-state index contributed by atoms with van der Waals surface area (Å²) in [4.78, 5) is 16.9. The lowest BCUT2D eigenvalue weighted by molar-refractivity contribution is 0.0772. The number of nitrogens with two attached hydrogens (primary N) is 1. The molecular formula is C16H22FN3O. The van der Waals surface area contributed by atoms with E-state index in [0.29, 0.717) is 11.6 Å². The zero-order valence-electron chi connectivity index (χ0n) is 12.2. The Morgan fingerprint density at radius 2 is 1.95 bits per heavy atom. The number of piperidine rings is 1. The highest BCUT2D eigenvalue weighted by Crippen LogP contribution is 2.23. The Kier molecular flexibility index (Phi) is 4.10. The minimum Gasteiger partial charge on any atom is -0.398 e. The molecule has 0 bridgehead atoms. The largest absolute Gasteiger partial charge is 0.398 e. The minimum atomic E-state index is -0.406. The molecule has 1 atom stereocenters. The predicted molar refractivity (Wildman–Crippen MR) is 80.5 cm³/mol. The van der Waals surface area contributed by atoms with E-state index in [2.05, 4.69) is 4.90 Å². The normalized spacial score (nSPS) is 23.5. The van der Waals surface area contributed by atoms with Crippen LogP contribution in [0.3, 0.4) is 0 Å². The second kappa shape index (κ2) is 6.02. The number of amides is 1. The zero-order valence-corrected chi connectivity index (χ0v) is 12.2. The Morgan fingerprint density at radius 3 is 2.67 bits per heavy atom. The highest BCUT2D eigenvalue weighted by Gasteiger charge is 2.31. The maximum Gasteiger partial charge on any atom is 0.256 e. The van der Waals surface area contributed by atoms with Crippen molar-refractivity contribution in [3.05, 3.63) is 29.6 Å². The lowest BCUT2D eigenvalue weighted by Gasteiger charge is -2.32. The highest BCUT2D eigenvalue weighted by molar-refractivity contribution is 5.99. The lowest BCUT2D eigenvalue weighted by Crippen LogP contribution is -2.41. The number of nitrogen functional groups attached to an aromatic ring is 1. The van der Waals surface area contributed by atoms with E-state index in [9.17, 15) is 9.18 Å². The van der Waals surface area contributed by atoms with Crippen LogP contribution in [-0.4, -0.2) is 47.9 Å². The first-order chi connectivity index (χ1) is 10.1. The van der Waals surface area contributed by atoms with Crippen molar-refractivity contribution < 1.29 is 9.18 Å². The summed E-state index contributed by atoms with van der Waals surface area (Å²) in [5, 5.41) is 0. The van der Waals surface area contributed by atoms with Gasteiger partial charge in [0.15, 0.2) is 0 Å². The number of benzene rings is 1. The summed E-state index contributed by atoms with van der Waals surface area (Å²) in [5.41, 5.74) is 6.41. The van der Waals surface area contributed by atoms with Gasteiger partial charge in [0.2, 0.25) is 0 Å². The van der Waals surface area contributed by atoms with Gasteiger partial charge in [-0.2, -0.15) is 0 Å². The Labute approximate surface area is 124 Å². The van der Waals surface area contributed by atoms with Crippen molar-refractivity contribution in [3.63, 3.8) is 0 Å². The third-order valence-corrected chi connectivity index (χ3v) is 4.60. The van der Waals surface area contributed by atoms with Crippen molar-refractivity contribution in [2.24, 2.45) is 0 Å². The molecule has 0 spiro atoms. The molecule has 114 valence electrons. The third kappa shape index (κ3) is 3.02. The van der Waals surface area contributed by atoms with E-state index in [1.54, 1.807) is 0 Å². The van der Waals surface area contributed by atoms with Gasteiger partial charge in [-0.3, -0.25) is 9.69 Å². The van der Waals surface area contributed by atoms with Gasteiger partial charge in [-0.25, -0.2) is 4.39 Å². The number of carbonyl (C=O) groups excluding carboxylic acids is 1. The van der Waals surface area contributed by atoms with Gasteiger partial charge >= 0.3 is 0 Å². The number of hydrogen-bond donors (Lipinski definition) is 1. The smallest absolute Gasteiger partial charge is 0.256 e. The standard InChI is InChI=1S/C16H22FN3O/c17-12-4-5-14(15(18)10-12)16(21)20-9-6-13(11-20)19-7-2-1-3-8-19/h4-5,10,13H,1-3,6-9,11,18H2. The van der Waals surface area contributed by atoms with Crippen LogP contribution in [0.2, 0.25) is 0 Å². The third-order valence-electron chi connectivity index (χ3n) is 4.60. The van der Waals surface area contributed by atoms with Crippen LogP contribution in [-0.2, 0) is 0 Å². The molecular weight excluding hydrogens is 269 g/mol. The van der Waals surface area contributed by atoms with Crippen LogP contribution in [0.4, 0.5) is 10.1 Å². The summed E-state index contributed by atoms with van der Waals surface area (Å²) in [7, 11) is 0. The molecule has 1 amide bonds. The number of hydrogen-bond acceptors (Lipinski definition) is 3. The quantitative estimate of drug-likeness (QED) is 0.849. The topological polar surface area (TPSA) is 49.6 Å². The SMILES string of the molecule is Nc1cc(F)ccc1C(=O)N1CCC(N2CCCCC2)C1. The summed E-state index contributed by atoms with van der Waals surface area (Å²) in [6, 6.07) is 4.46. The molecule has 2 aliphatic rings. The summed E-state index contributed by atoms with van der Waals surface area (Å²) in [6.45, 7) is 3.81. The fourth-order valence-electron chi connectivity index (χ4n) is 3.41. The Balaban J connectivity index is 1.66. The van der Waals surface area contributed by atoms with Crippen LogP contribution in [0.25, 0.3) is 0 Å². The van der Waals surface area contributed by atoms with Gasteiger partial charge in [0.05, 0.1) is 5.56 Å². The number of nitrogens with zero attached hydrogens (tertiary/aromatic N) is 2. The maximum atomic E-state index is 13.1. The molecule has 1 aromatic rings. The first-order valence-electron chi connectivity index (χ1n) is 7.73. The minimum absolute atomic E-state index is 0.0768. The molecule has 2 N–H and O–H groups in total. The molecule has 0 aromatic heterocycles. The van der Waals surface area contributed by atoms with E-state index in [4.69, 9.17) is 5.73 Å². The summed E-state index contributed by atoms with van der Waals surface area (Å²) in [6.07, 6.45) is 4.86. The summed E-state index contributed by atoms with van der Waals surface area (Å²) >= 11 is 0. The average molecular weight is 291 g/mol. The molecule has 3 rings (SSSR count). The number of likely N-dealkylation sites (tertiary alicyclic amines) is 2.